The van der Waals surface area contributed by atoms with Crippen molar-refractivity contribution in [3.05, 3.63) is 36.2 Å². The lowest BCUT2D eigenvalue weighted by Gasteiger charge is -1.91. The normalized spacial score (nSPS) is 12.7. The molecule has 3 nitrogen and oxygen atoms in total. The van der Waals surface area contributed by atoms with Crippen LogP contribution in [0.2, 0.25) is 0 Å². The number of aromatic nitrogens is 2. The van der Waals surface area contributed by atoms with Gasteiger partial charge in [0.05, 0.1) is 0 Å². The van der Waals surface area contributed by atoms with Gasteiger partial charge in [0, 0.05) is 5.56 Å². The Morgan fingerprint density at radius 1 is 1.29 bits per heavy atom. The molecule has 2 rings (SSSR count). The minimum atomic E-state index is -0.250. The van der Waals surface area contributed by atoms with E-state index < -0.39 is 0 Å². The van der Waals surface area contributed by atoms with E-state index in [1.54, 1.807) is 6.92 Å². The summed E-state index contributed by atoms with van der Waals surface area (Å²) >= 11 is 5.81. The van der Waals surface area contributed by atoms with Gasteiger partial charge in [0.25, 0.3) is 0 Å². The van der Waals surface area contributed by atoms with E-state index in [1.807, 2.05) is 30.3 Å². The molecule has 1 aromatic heterocycles. The predicted molar refractivity (Wildman–Crippen MR) is 54.0 cm³/mol. The van der Waals surface area contributed by atoms with Gasteiger partial charge in [-0.1, -0.05) is 35.5 Å². The SMILES string of the molecule is C[C@@H](Cl)c1nc(-c2ccccc2)no1. The molecule has 14 heavy (non-hydrogen) atoms. The number of nitrogens with zero attached hydrogens (tertiary/aromatic N) is 2. The monoisotopic (exact) mass is 208 g/mol. The zero-order valence-electron chi connectivity index (χ0n) is 7.64. The molecule has 0 fully saturated rings. The fourth-order valence-electron chi connectivity index (χ4n) is 1.10. The molecule has 0 spiro atoms. The summed E-state index contributed by atoms with van der Waals surface area (Å²) in [5, 5.41) is 3.59. The van der Waals surface area contributed by atoms with E-state index in [2.05, 4.69) is 10.1 Å². The van der Waals surface area contributed by atoms with Crippen LogP contribution in [0.3, 0.4) is 0 Å². The van der Waals surface area contributed by atoms with Gasteiger partial charge in [0.2, 0.25) is 11.7 Å². The lowest BCUT2D eigenvalue weighted by Crippen LogP contribution is -1.84. The average molecular weight is 209 g/mol. The van der Waals surface area contributed by atoms with E-state index in [0.717, 1.165) is 5.56 Å². The minimum Gasteiger partial charge on any atom is -0.337 e. The molecule has 0 saturated carbocycles. The van der Waals surface area contributed by atoms with Crippen molar-refractivity contribution < 1.29 is 4.52 Å². The number of alkyl halides is 1. The third kappa shape index (κ3) is 1.77. The lowest BCUT2D eigenvalue weighted by molar-refractivity contribution is 0.379. The number of benzene rings is 1. The Morgan fingerprint density at radius 2 is 2.00 bits per heavy atom. The zero-order chi connectivity index (χ0) is 9.97. The summed E-state index contributed by atoms with van der Waals surface area (Å²) in [4.78, 5) is 4.17. The van der Waals surface area contributed by atoms with E-state index in [9.17, 15) is 0 Å². The number of hydrogen-bond donors (Lipinski definition) is 0. The van der Waals surface area contributed by atoms with Gasteiger partial charge in [-0.2, -0.15) is 4.98 Å². The maximum atomic E-state index is 5.81. The summed E-state index contributed by atoms with van der Waals surface area (Å²) in [5.41, 5.74) is 0.930. The summed E-state index contributed by atoms with van der Waals surface area (Å²) in [7, 11) is 0. The Morgan fingerprint density at radius 3 is 2.57 bits per heavy atom. The molecule has 0 amide bonds. The van der Waals surface area contributed by atoms with Crippen LogP contribution in [0, 0.1) is 0 Å². The number of rotatable bonds is 2. The minimum absolute atomic E-state index is 0.250. The van der Waals surface area contributed by atoms with Gasteiger partial charge < -0.3 is 4.52 Å². The van der Waals surface area contributed by atoms with Crippen LogP contribution >= 0.6 is 11.6 Å². The van der Waals surface area contributed by atoms with Gasteiger partial charge in [0.15, 0.2) is 0 Å². The van der Waals surface area contributed by atoms with Crippen LogP contribution in [0.5, 0.6) is 0 Å². The van der Waals surface area contributed by atoms with Crippen LogP contribution in [0.25, 0.3) is 11.4 Å². The molecule has 0 aliphatic carbocycles. The molecule has 4 heteroatoms. The molecule has 0 unspecified atom stereocenters. The van der Waals surface area contributed by atoms with Crippen LogP contribution in [-0.2, 0) is 0 Å². The molecule has 72 valence electrons. The highest BCUT2D eigenvalue weighted by molar-refractivity contribution is 6.20. The Bertz CT molecular complexity index is 411. The molecule has 0 bridgehead atoms. The first-order valence-electron chi connectivity index (χ1n) is 4.30. The Kier molecular flexibility index (Phi) is 2.50. The zero-order valence-corrected chi connectivity index (χ0v) is 8.40. The Balaban J connectivity index is 2.34. The molecular formula is C10H9ClN2O. The highest BCUT2D eigenvalue weighted by Crippen LogP contribution is 2.21. The van der Waals surface area contributed by atoms with E-state index >= 15 is 0 Å². The Hall–Kier alpha value is -1.35. The van der Waals surface area contributed by atoms with Crippen molar-refractivity contribution in [2.24, 2.45) is 0 Å². The molecule has 0 radical (unpaired) electrons. The summed E-state index contributed by atoms with van der Waals surface area (Å²) in [6, 6.07) is 9.64. The first-order chi connectivity index (χ1) is 6.77. The predicted octanol–water partition coefficient (Wildman–Crippen LogP) is 3.04. The van der Waals surface area contributed by atoms with E-state index in [4.69, 9.17) is 16.1 Å². The van der Waals surface area contributed by atoms with Gasteiger partial charge in [-0.25, -0.2) is 0 Å². The molecular weight excluding hydrogens is 200 g/mol. The molecule has 0 N–H and O–H groups in total. The fourth-order valence-corrected chi connectivity index (χ4v) is 1.19. The fraction of sp³-hybridized carbons (Fsp3) is 0.200. The van der Waals surface area contributed by atoms with Crippen LogP contribution in [0.4, 0.5) is 0 Å². The molecule has 1 atom stereocenters. The smallest absolute Gasteiger partial charge is 0.244 e. The summed E-state index contributed by atoms with van der Waals surface area (Å²) < 4.78 is 4.99. The van der Waals surface area contributed by atoms with Crippen molar-refractivity contribution in [2.75, 3.05) is 0 Å². The number of hydrogen-bond acceptors (Lipinski definition) is 3. The van der Waals surface area contributed by atoms with E-state index in [-0.39, 0.29) is 5.38 Å². The average Bonchev–Trinajstić information content (AvgIpc) is 2.68. The topological polar surface area (TPSA) is 38.9 Å². The van der Waals surface area contributed by atoms with Crippen molar-refractivity contribution >= 4 is 11.6 Å². The summed E-state index contributed by atoms with van der Waals surface area (Å²) in [5.74, 6) is 1.03. The first kappa shape index (κ1) is 9.21. The van der Waals surface area contributed by atoms with Crippen LogP contribution in [0.15, 0.2) is 34.9 Å². The maximum Gasteiger partial charge on any atom is 0.244 e. The quantitative estimate of drug-likeness (QED) is 0.712. The van der Waals surface area contributed by atoms with Crippen molar-refractivity contribution in [3.63, 3.8) is 0 Å². The first-order valence-corrected chi connectivity index (χ1v) is 4.74. The van der Waals surface area contributed by atoms with Gasteiger partial charge in [-0.15, -0.1) is 11.6 Å². The summed E-state index contributed by atoms with van der Waals surface area (Å²) in [6.45, 7) is 1.80. The lowest BCUT2D eigenvalue weighted by atomic mass is 10.2. The molecule has 0 aliphatic heterocycles. The molecule has 0 aliphatic rings. The molecule has 1 heterocycles. The Labute approximate surface area is 86.7 Å². The van der Waals surface area contributed by atoms with Crippen molar-refractivity contribution in [2.45, 2.75) is 12.3 Å². The second-order valence-corrected chi connectivity index (χ2v) is 3.59. The van der Waals surface area contributed by atoms with Crippen LogP contribution in [-0.4, -0.2) is 10.1 Å². The van der Waals surface area contributed by atoms with Crippen molar-refractivity contribution in [3.8, 4) is 11.4 Å². The molecule has 1 aromatic carbocycles. The van der Waals surface area contributed by atoms with Crippen LogP contribution < -0.4 is 0 Å². The molecule has 0 saturated heterocycles. The largest absolute Gasteiger partial charge is 0.337 e. The molecule has 2 aromatic rings. The standard InChI is InChI=1S/C10H9ClN2O/c1-7(11)10-12-9(13-14-10)8-5-3-2-4-6-8/h2-7H,1H3/t7-/m1/s1. The highest BCUT2D eigenvalue weighted by Gasteiger charge is 2.11. The highest BCUT2D eigenvalue weighted by atomic mass is 35.5. The van der Waals surface area contributed by atoms with Gasteiger partial charge in [0.1, 0.15) is 5.38 Å². The van der Waals surface area contributed by atoms with Gasteiger partial charge in [-0.05, 0) is 6.92 Å². The van der Waals surface area contributed by atoms with Crippen molar-refractivity contribution in [1.29, 1.82) is 0 Å². The third-order valence-corrected chi connectivity index (χ3v) is 2.00. The third-order valence-electron chi connectivity index (χ3n) is 1.81. The van der Waals surface area contributed by atoms with E-state index in [1.165, 1.54) is 0 Å². The van der Waals surface area contributed by atoms with Crippen LogP contribution in [0.1, 0.15) is 18.2 Å². The number of halogens is 1. The van der Waals surface area contributed by atoms with Gasteiger partial charge in [-0.3, -0.25) is 0 Å². The maximum absolute atomic E-state index is 5.81. The van der Waals surface area contributed by atoms with Gasteiger partial charge >= 0.3 is 0 Å². The van der Waals surface area contributed by atoms with Crippen molar-refractivity contribution in [1.82, 2.24) is 10.1 Å². The second-order valence-electron chi connectivity index (χ2n) is 2.94. The summed E-state index contributed by atoms with van der Waals surface area (Å²) in [6.07, 6.45) is 0. The van der Waals surface area contributed by atoms with E-state index in [0.29, 0.717) is 11.7 Å². The second kappa shape index (κ2) is 3.80.